The first kappa shape index (κ1) is 99.2. The summed E-state index contributed by atoms with van der Waals surface area (Å²) in [5.74, 6) is -0.125. The van der Waals surface area contributed by atoms with Crippen LogP contribution in [0, 0.1) is 36.4 Å². The molecule has 0 fully saturated rings. The zero-order valence-electron chi connectivity index (χ0n) is 64.6. The largest absolute Gasteiger partial charge is 2.00 e. The molecule has 13 aromatic rings. The maximum absolute atomic E-state index is 10.0. The van der Waals surface area contributed by atoms with E-state index in [4.69, 9.17) is 30.1 Å². The first-order valence-electron chi connectivity index (χ1n) is 36.0. The van der Waals surface area contributed by atoms with Gasteiger partial charge in [-0.3, -0.25) is 20.9 Å². The van der Waals surface area contributed by atoms with Crippen LogP contribution in [0.5, 0.6) is 0 Å². The molecule has 0 saturated heterocycles. The molecule has 0 spiro atoms. The quantitative estimate of drug-likeness (QED) is 0.0553. The fraction of sp³-hybridized carbons (Fsp3) is 0.213. The first-order chi connectivity index (χ1) is 51.6. The second kappa shape index (κ2) is 54.7. The summed E-state index contributed by atoms with van der Waals surface area (Å²) in [7, 11) is 0. The van der Waals surface area contributed by atoms with Crippen LogP contribution in [0.2, 0.25) is 0 Å². The molecule has 17 heteroatoms. The predicted molar refractivity (Wildman–Crippen MR) is 446 cm³/mol. The molecule has 7 aromatic heterocycles. The third-order valence-corrected chi connectivity index (χ3v) is 18.0. The Labute approximate surface area is 733 Å². The van der Waals surface area contributed by atoms with E-state index in [0.717, 1.165) is 118 Å². The molecule has 0 aliphatic carbocycles. The topological polar surface area (TPSA) is 154 Å². The van der Waals surface area contributed by atoms with Crippen molar-refractivity contribution in [1.29, 1.82) is 0 Å². The first-order valence-corrected chi connectivity index (χ1v) is 37.9. The molecular weight excluding hydrogens is 2310 g/mol. The summed E-state index contributed by atoms with van der Waals surface area (Å²) in [6.07, 6.45) is 13.5. The summed E-state index contributed by atoms with van der Waals surface area (Å²) in [6, 6.07) is 84.4. The molecule has 588 valence electrons. The molecule has 2 N–H and O–H groups in total. The Balaban J connectivity index is 0.000000482. The van der Waals surface area contributed by atoms with Crippen molar-refractivity contribution in [2.45, 2.75) is 134 Å². The fourth-order valence-electron chi connectivity index (χ4n) is 12.0. The van der Waals surface area contributed by atoms with Crippen LogP contribution in [-0.2, 0) is 137 Å². The molecule has 8 bridgehead atoms. The van der Waals surface area contributed by atoms with Gasteiger partial charge in [-0.15, -0.1) is 111 Å². The molecule has 0 atom stereocenters. The molecule has 2 aliphatic heterocycles. The average Bonchev–Trinajstić information content (AvgIpc) is 1.50. The number of ketones is 2. The number of benzene rings is 6. The van der Waals surface area contributed by atoms with Crippen LogP contribution in [-0.4, -0.2) is 41.7 Å². The summed E-state index contributed by atoms with van der Waals surface area (Å²) < 4.78 is 1.32. The number of fused-ring (bicyclic) bond motifs is 12. The van der Waals surface area contributed by atoms with Gasteiger partial charge < -0.3 is 30.1 Å². The van der Waals surface area contributed by atoms with Gasteiger partial charge in [0.15, 0.2) is 11.6 Å². The van der Waals surface area contributed by atoms with Gasteiger partial charge in [0.05, 0.1) is 34.3 Å². The normalized spacial score (nSPS) is 10.8. The number of hydrogen-bond acceptors (Lipinski definition) is 10. The third-order valence-electron chi connectivity index (χ3n) is 16.6. The number of pyridine rings is 2. The van der Waals surface area contributed by atoms with Gasteiger partial charge >= 0.3 is 21.1 Å². The Morgan fingerprint density at radius 1 is 0.414 bits per heavy atom. The standard InChI is InChI=1S/C36H44N4.C13H8N.C11H8N.C8H5S.2C6H5.2C5H8O2.C4H3S.4Ir.Pt/c1-9-21-22(10-2)30-18-32-25(13-5)26(14-6)34(39-32)20-36-28(16-8)27(15-7)35(40-36)19-33-24(12-4)23(11-3)31(38-33)17-29(21)37-30;1-2-6-12-10(4-1)7-8-11-5-3-9-14-13(11)12;1-2-6-10(7-3-1)11-8-4-5-9-12-11;1-2-4-8-7(3-1)5-6-9-8;2*1-2-4-6-5-3-1;2*1-4(6)3-5(2)7;1-2-4-5-3-1;;;;;/h17-20H,9-16H2,1-8H3;1-5,7-9H;1-6,8-9H;1-4,6H;2*1-5H;2*3,6H,1-2H3;1,3-4H;;;;;/q-2;5*-1;;;-1;;;;;+2. The van der Waals surface area contributed by atoms with Crippen LogP contribution in [0.15, 0.2) is 252 Å². The van der Waals surface area contributed by atoms with Gasteiger partial charge in [0.1, 0.15) is 0 Å². The van der Waals surface area contributed by atoms with Gasteiger partial charge in [-0.25, -0.2) is 33.4 Å². The van der Waals surface area contributed by atoms with E-state index in [1.165, 1.54) is 105 Å². The van der Waals surface area contributed by atoms with Gasteiger partial charge in [-0.1, -0.05) is 148 Å². The van der Waals surface area contributed by atoms with Crippen molar-refractivity contribution in [2.24, 2.45) is 0 Å². The Morgan fingerprint density at radius 3 is 1.20 bits per heavy atom. The predicted octanol–water partition coefficient (Wildman–Crippen LogP) is 24.3. The van der Waals surface area contributed by atoms with Crippen LogP contribution in [0.4, 0.5) is 0 Å². The molecule has 0 amide bonds. The second-order valence-electron chi connectivity index (χ2n) is 24.1. The summed E-state index contributed by atoms with van der Waals surface area (Å²) in [6.45, 7) is 23.6. The molecule has 10 nitrogen and oxygen atoms in total. The van der Waals surface area contributed by atoms with Crippen LogP contribution in [0.25, 0.3) is 87.4 Å². The average molecular weight is 2400 g/mol. The van der Waals surface area contributed by atoms with E-state index >= 15 is 0 Å². The maximum atomic E-state index is 10.0. The van der Waals surface area contributed by atoms with Crippen molar-refractivity contribution < 1.29 is 121 Å². The number of hydrogen-bond donors (Lipinski definition) is 2. The van der Waals surface area contributed by atoms with Crippen molar-refractivity contribution in [2.75, 3.05) is 0 Å². The number of rotatable bonds is 11. The van der Waals surface area contributed by atoms with E-state index in [2.05, 4.69) is 162 Å². The van der Waals surface area contributed by atoms with Crippen molar-refractivity contribution in [1.82, 2.24) is 29.9 Å². The Bertz CT molecular complexity index is 4680. The molecule has 2 aliphatic rings. The van der Waals surface area contributed by atoms with Gasteiger partial charge in [-0.2, -0.15) is 95.7 Å². The second-order valence-corrected chi connectivity index (χ2v) is 25.8. The number of allylic oxidation sites excluding steroid dienone is 8. The van der Waals surface area contributed by atoms with Gasteiger partial charge in [0.2, 0.25) is 0 Å². The SMILES string of the molecule is CC(=O)C=C(C)O.CC(=O)C=C(C)O.CCC1=C(CC)c2cc3[n-]c(cc4nc(cc5[n-]c(cc1n2)c(CC)c5CC)C(CC)=C4CC)c(CC)c3CC.[Ir].[Ir].[Ir].[Ir].[Pt+2].[c-]1cccc2ccc3cccnc3c12.[c-]1ccccc1.[c-]1ccccc1.[c-]1ccccc1-c1ccccn1.[c-]1ccsc1.[c-]1csc2ccccc12. The summed E-state index contributed by atoms with van der Waals surface area (Å²) >= 11 is 3.39. The monoisotopic (exact) mass is 2400 g/mol. The number of aliphatic hydroxyl groups is 2. The van der Waals surface area contributed by atoms with Crippen molar-refractivity contribution in [3.8, 4) is 11.3 Å². The molecule has 4 radical (unpaired) electrons. The van der Waals surface area contributed by atoms with E-state index in [0.29, 0.717) is 0 Å². The summed E-state index contributed by atoms with van der Waals surface area (Å²) in [5.41, 5.74) is 22.2. The van der Waals surface area contributed by atoms with E-state index in [-0.39, 0.29) is 125 Å². The molecule has 111 heavy (non-hydrogen) atoms. The third kappa shape index (κ3) is 31.2. The van der Waals surface area contributed by atoms with Gasteiger partial charge in [0.25, 0.3) is 0 Å². The Morgan fingerprint density at radius 2 is 0.847 bits per heavy atom. The number of aliphatic hydroxyl groups excluding tert-OH is 2. The minimum atomic E-state index is -0.125. The smallest absolute Gasteiger partial charge is 0.657 e. The zero-order chi connectivity index (χ0) is 76.0. The minimum Gasteiger partial charge on any atom is -0.657 e. The minimum absolute atomic E-state index is 0. The number of thiophene rings is 2. The number of nitrogens with zero attached hydrogens (tertiary/aromatic N) is 6. The summed E-state index contributed by atoms with van der Waals surface area (Å²) in [5, 5.41) is 27.3. The molecule has 0 unspecified atom stereocenters. The molecule has 15 rings (SSSR count). The molecule has 6 aromatic carbocycles. The molecule has 9 heterocycles. The zero-order valence-corrected chi connectivity index (χ0v) is 78.1. The van der Waals surface area contributed by atoms with Crippen LogP contribution < -0.4 is 9.97 Å². The van der Waals surface area contributed by atoms with E-state index in [9.17, 15) is 9.59 Å². The number of carbonyl (C=O) groups excluding carboxylic acids is 2. The van der Waals surface area contributed by atoms with E-state index in [1.54, 1.807) is 28.9 Å². The Hall–Kier alpha value is -7.89. The number of aryl methyl sites for hydroxylation is 4. The van der Waals surface area contributed by atoms with Gasteiger partial charge in [-0.05, 0) is 130 Å². The maximum Gasteiger partial charge on any atom is 2.00 e. The van der Waals surface area contributed by atoms with Crippen molar-refractivity contribution >= 4 is 110 Å². The van der Waals surface area contributed by atoms with E-state index in [1.807, 2.05) is 162 Å². The van der Waals surface area contributed by atoms with Crippen LogP contribution in [0.1, 0.15) is 154 Å². The van der Waals surface area contributed by atoms with Gasteiger partial charge in [0, 0.05) is 105 Å². The van der Waals surface area contributed by atoms with E-state index < -0.39 is 0 Å². The fourth-order valence-corrected chi connectivity index (χ4v) is 13.2. The van der Waals surface area contributed by atoms with Crippen LogP contribution in [0.3, 0.4) is 0 Å². The number of aromatic nitrogens is 6. The molecular formula is C94H94Ir4N6O4PtS2-6. The van der Waals surface area contributed by atoms with Crippen molar-refractivity contribution in [3.05, 3.63) is 334 Å². The summed E-state index contributed by atoms with van der Waals surface area (Å²) in [4.78, 5) is 49.6. The van der Waals surface area contributed by atoms with Crippen molar-refractivity contribution in [3.63, 3.8) is 0 Å². The number of carbonyl (C=O) groups is 2. The Kier molecular flexibility index (Phi) is 48.9. The molecule has 0 saturated carbocycles. The van der Waals surface area contributed by atoms with Crippen LogP contribution >= 0.6 is 22.7 Å².